The van der Waals surface area contributed by atoms with Crippen LogP contribution in [0.2, 0.25) is 0 Å². The lowest BCUT2D eigenvalue weighted by Crippen LogP contribution is -2.44. The summed E-state index contributed by atoms with van der Waals surface area (Å²) < 4.78 is 0. The van der Waals surface area contributed by atoms with Gasteiger partial charge in [-0.25, -0.2) is 0 Å². The Bertz CT molecular complexity index is 297. The molecule has 0 aromatic carbocycles. The molecule has 2 fully saturated rings. The van der Waals surface area contributed by atoms with Gasteiger partial charge in [0, 0.05) is 19.1 Å². The maximum Gasteiger partial charge on any atom is 0.191 e. The molecule has 2 aliphatic carbocycles. The number of rotatable bonds is 7. The summed E-state index contributed by atoms with van der Waals surface area (Å²) in [7, 11) is 0. The third-order valence-electron chi connectivity index (χ3n) is 4.62. The van der Waals surface area contributed by atoms with E-state index in [1.54, 1.807) is 0 Å². The first kappa shape index (κ1) is 18.1. The summed E-state index contributed by atoms with van der Waals surface area (Å²) in [5, 5.41) is 6.91. The molecule has 3 nitrogen and oxygen atoms in total. The van der Waals surface area contributed by atoms with Crippen molar-refractivity contribution in [2.24, 2.45) is 28.7 Å². The SMILES string of the molecule is CCNC(=NCC(C1CC1)C1CC1)NC(C)C(C)C.I. The molecule has 0 aromatic heterocycles. The van der Waals surface area contributed by atoms with Gasteiger partial charge in [0.05, 0.1) is 0 Å². The Balaban J connectivity index is 0.00000200. The number of nitrogens with one attached hydrogen (secondary N) is 2. The molecule has 1 atom stereocenters. The quantitative estimate of drug-likeness (QED) is 0.394. The van der Waals surface area contributed by atoms with Crippen molar-refractivity contribution in [3.05, 3.63) is 0 Å². The Morgan fingerprint density at radius 2 is 1.65 bits per heavy atom. The lowest BCUT2D eigenvalue weighted by atomic mass is 9.98. The van der Waals surface area contributed by atoms with Crippen molar-refractivity contribution >= 4 is 29.9 Å². The van der Waals surface area contributed by atoms with Crippen molar-refractivity contribution in [1.29, 1.82) is 0 Å². The zero-order valence-electron chi connectivity index (χ0n) is 13.5. The number of hydrogen-bond donors (Lipinski definition) is 2. The fraction of sp³-hybridized carbons (Fsp3) is 0.938. The Morgan fingerprint density at radius 1 is 1.10 bits per heavy atom. The average molecular weight is 393 g/mol. The summed E-state index contributed by atoms with van der Waals surface area (Å²) in [5.41, 5.74) is 0. The topological polar surface area (TPSA) is 36.4 Å². The molecule has 0 spiro atoms. The van der Waals surface area contributed by atoms with Crippen molar-refractivity contribution < 1.29 is 0 Å². The maximum absolute atomic E-state index is 4.85. The Morgan fingerprint density at radius 3 is 2.05 bits per heavy atom. The molecule has 4 heteroatoms. The van der Waals surface area contributed by atoms with E-state index < -0.39 is 0 Å². The van der Waals surface area contributed by atoms with Crippen LogP contribution in [0.25, 0.3) is 0 Å². The summed E-state index contributed by atoms with van der Waals surface area (Å²) in [5.74, 6) is 4.48. The van der Waals surface area contributed by atoms with Crippen molar-refractivity contribution in [3.8, 4) is 0 Å². The largest absolute Gasteiger partial charge is 0.357 e. The normalized spacial score (nSPS) is 20.8. The van der Waals surface area contributed by atoms with Crippen LogP contribution in [0.3, 0.4) is 0 Å². The van der Waals surface area contributed by atoms with E-state index in [-0.39, 0.29) is 24.0 Å². The molecule has 0 bridgehead atoms. The second-order valence-corrected chi connectivity index (χ2v) is 6.74. The number of hydrogen-bond acceptors (Lipinski definition) is 1. The second kappa shape index (κ2) is 8.44. The fourth-order valence-corrected chi connectivity index (χ4v) is 2.63. The van der Waals surface area contributed by atoms with Gasteiger partial charge in [0.1, 0.15) is 0 Å². The Hall–Kier alpha value is 0. The van der Waals surface area contributed by atoms with Gasteiger partial charge in [-0.3, -0.25) is 4.99 Å². The fourth-order valence-electron chi connectivity index (χ4n) is 2.63. The van der Waals surface area contributed by atoms with Gasteiger partial charge < -0.3 is 10.6 Å². The minimum absolute atomic E-state index is 0. The molecule has 1 unspecified atom stereocenters. The van der Waals surface area contributed by atoms with Crippen LogP contribution in [-0.2, 0) is 0 Å². The highest BCUT2D eigenvalue weighted by molar-refractivity contribution is 14.0. The zero-order valence-corrected chi connectivity index (χ0v) is 15.8. The molecule has 2 N–H and O–H groups in total. The summed E-state index contributed by atoms with van der Waals surface area (Å²) in [6.07, 6.45) is 5.79. The molecule has 118 valence electrons. The lowest BCUT2D eigenvalue weighted by molar-refractivity contribution is 0.415. The lowest BCUT2D eigenvalue weighted by Gasteiger charge is -2.21. The number of guanidine groups is 1. The zero-order chi connectivity index (χ0) is 13.8. The molecule has 2 aliphatic rings. The van der Waals surface area contributed by atoms with E-state index in [0.717, 1.165) is 36.8 Å². The first-order valence-corrected chi connectivity index (χ1v) is 8.16. The van der Waals surface area contributed by atoms with Crippen molar-refractivity contribution in [1.82, 2.24) is 10.6 Å². The first-order chi connectivity index (χ1) is 9.11. The van der Waals surface area contributed by atoms with Gasteiger partial charge in [-0.1, -0.05) is 13.8 Å². The Labute approximate surface area is 141 Å². The Kier molecular flexibility index (Phi) is 7.62. The van der Waals surface area contributed by atoms with Crippen LogP contribution in [0.1, 0.15) is 53.4 Å². The number of nitrogens with zero attached hydrogens (tertiary/aromatic N) is 1. The average Bonchev–Trinajstić information content (AvgIpc) is 3.23. The molecule has 0 amide bonds. The highest BCUT2D eigenvalue weighted by Crippen LogP contribution is 2.49. The molecule has 2 rings (SSSR count). The van der Waals surface area contributed by atoms with E-state index >= 15 is 0 Å². The van der Waals surface area contributed by atoms with Gasteiger partial charge in [-0.15, -0.1) is 24.0 Å². The van der Waals surface area contributed by atoms with E-state index in [1.165, 1.54) is 25.7 Å². The van der Waals surface area contributed by atoms with Crippen molar-refractivity contribution in [2.75, 3.05) is 13.1 Å². The molecule has 20 heavy (non-hydrogen) atoms. The van der Waals surface area contributed by atoms with Gasteiger partial charge in [-0.2, -0.15) is 0 Å². The summed E-state index contributed by atoms with van der Waals surface area (Å²) in [6, 6.07) is 0.470. The van der Waals surface area contributed by atoms with Crippen molar-refractivity contribution in [2.45, 2.75) is 59.4 Å². The number of halogens is 1. The van der Waals surface area contributed by atoms with E-state index in [0.29, 0.717) is 12.0 Å². The van der Waals surface area contributed by atoms with Crippen LogP contribution >= 0.6 is 24.0 Å². The smallest absolute Gasteiger partial charge is 0.191 e. The van der Waals surface area contributed by atoms with E-state index in [9.17, 15) is 0 Å². The molecule has 0 radical (unpaired) electrons. The molecule has 0 aromatic rings. The first-order valence-electron chi connectivity index (χ1n) is 8.16. The second-order valence-electron chi connectivity index (χ2n) is 6.74. The van der Waals surface area contributed by atoms with Gasteiger partial charge in [0.15, 0.2) is 5.96 Å². The minimum Gasteiger partial charge on any atom is -0.357 e. The van der Waals surface area contributed by atoms with Crippen LogP contribution in [-0.4, -0.2) is 25.1 Å². The minimum atomic E-state index is 0. The van der Waals surface area contributed by atoms with Crippen LogP contribution < -0.4 is 10.6 Å². The highest BCUT2D eigenvalue weighted by Gasteiger charge is 2.41. The van der Waals surface area contributed by atoms with E-state index in [4.69, 9.17) is 4.99 Å². The van der Waals surface area contributed by atoms with Crippen LogP contribution in [0.5, 0.6) is 0 Å². The van der Waals surface area contributed by atoms with E-state index in [2.05, 4.69) is 38.3 Å². The number of aliphatic imine (C=N–C) groups is 1. The van der Waals surface area contributed by atoms with Gasteiger partial charge in [0.25, 0.3) is 0 Å². The third kappa shape index (κ3) is 5.78. The predicted molar refractivity (Wildman–Crippen MR) is 97.8 cm³/mol. The summed E-state index contributed by atoms with van der Waals surface area (Å²) in [6.45, 7) is 10.8. The molecule has 0 heterocycles. The third-order valence-corrected chi connectivity index (χ3v) is 4.62. The standard InChI is InChI=1S/C16H31N3.HI/c1-5-17-16(19-12(4)11(2)3)18-10-15(13-6-7-13)14-8-9-14;/h11-15H,5-10H2,1-4H3,(H2,17,18,19);1H. The maximum atomic E-state index is 4.85. The predicted octanol–water partition coefficient (Wildman–Crippen LogP) is 3.64. The van der Waals surface area contributed by atoms with Gasteiger partial charge in [0.2, 0.25) is 0 Å². The van der Waals surface area contributed by atoms with Gasteiger partial charge in [-0.05, 0) is 63.2 Å². The molecular formula is C16H32IN3. The monoisotopic (exact) mass is 393 g/mol. The summed E-state index contributed by atoms with van der Waals surface area (Å²) in [4.78, 5) is 4.85. The molecule has 0 aliphatic heterocycles. The van der Waals surface area contributed by atoms with Crippen LogP contribution in [0.15, 0.2) is 4.99 Å². The molecule has 0 saturated heterocycles. The van der Waals surface area contributed by atoms with Crippen LogP contribution in [0, 0.1) is 23.7 Å². The molecular weight excluding hydrogens is 361 g/mol. The highest BCUT2D eigenvalue weighted by atomic mass is 127. The van der Waals surface area contributed by atoms with Crippen molar-refractivity contribution in [3.63, 3.8) is 0 Å². The van der Waals surface area contributed by atoms with Gasteiger partial charge >= 0.3 is 0 Å². The summed E-state index contributed by atoms with van der Waals surface area (Å²) >= 11 is 0. The van der Waals surface area contributed by atoms with E-state index in [1.807, 2.05) is 0 Å². The van der Waals surface area contributed by atoms with Crippen LogP contribution in [0.4, 0.5) is 0 Å². The molecule has 2 saturated carbocycles.